The molecule has 0 aliphatic rings. The number of rotatable bonds is 3. The second-order valence-corrected chi connectivity index (χ2v) is 5.85. The number of aromatic nitrogens is 2. The van der Waals surface area contributed by atoms with E-state index in [1.165, 1.54) is 10.1 Å². The van der Waals surface area contributed by atoms with Crippen molar-refractivity contribution in [1.82, 2.24) is 10.2 Å². The van der Waals surface area contributed by atoms with E-state index < -0.39 is 0 Å². The fourth-order valence-corrected chi connectivity index (χ4v) is 3.60. The van der Waals surface area contributed by atoms with Crippen LogP contribution < -0.4 is 5.32 Å². The summed E-state index contributed by atoms with van der Waals surface area (Å²) in [7, 11) is 0. The van der Waals surface area contributed by atoms with Crippen molar-refractivity contribution < 1.29 is 4.79 Å². The summed E-state index contributed by atoms with van der Waals surface area (Å²) in [4.78, 5) is 11.9. The first-order valence-electron chi connectivity index (χ1n) is 6.51. The molecule has 0 bridgehead atoms. The van der Waals surface area contributed by atoms with E-state index in [0.29, 0.717) is 6.41 Å². The van der Waals surface area contributed by atoms with Crippen LogP contribution in [0.15, 0.2) is 48.7 Å². The number of hydrogen-bond donors (Lipinski definition) is 2. The summed E-state index contributed by atoms with van der Waals surface area (Å²) in [5, 5.41) is 12.1. The summed E-state index contributed by atoms with van der Waals surface area (Å²) >= 11 is 1.73. The Balaban J connectivity index is 1.99. The number of H-pyrrole nitrogens is 1. The number of nitrogens with zero attached hydrogens (tertiary/aromatic N) is 1. The van der Waals surface area contributed by atoms with Gasteiger partial charge in [0.05, 0.1) is 11.7 Å². The van der Waals surface area contributed by atoms with Crippen LogP contribution in [0.4, 0.5) is 5.69 Å². The van der Waals surface area contributed by atoms with E-state index in [0.717, 1.165) is 27.0 Å². The molecule has 4 aromatic rings. The molecule has 5 heteroatoms. The standard InChI is InChI=1S/C16H11N3OS/c20-9-17-12-5-11-8-18-19-16(11)13(7-12)15-6-10-3-1-2-4-14(10)21-15/h1-9H,(H,17,20)(H,18,19). The normalized spacial score (nSPS) is 11.0. The quantitative estimate of drug-likeness (QED) is 0.561. The molecule has 0 saturated heterocycles. The fourth-order valence-electron chi connectivity index (χ4n) is 2.52. The number of amides is 1. The third-order valence-corrected chi connectivity index (χ3v) is 4.61. The van der Waals surface area contributed by atoms with Gasteiger partial charge < -0.3 is 5.32 Å². The van der Waals surface area contributed by atoms with E-state index in [9.17, 15) is 4.79 Å². The number of fused-ring (bicyclic) bond motifs is 2. The molecule has 0 aliphatic carbocycles. The average molecular weight is 293 g/mol. The molecule has 0 atom stereocenters. The highest BCUT2D eigenvalue weighted by Gasteiger charge is 2.11. The summed E-state index contributed by atoms with van der Waals surface area (Å²) in [6.45, 7) is 0. The molecule has 21 heavy (non-hydrogen) atoms. The van der Waals surface area contributed by atoms with Crippen LogP contribution in [0.3, 0.4) is 0 Å². The van der Waals surface area contributed by atoms with Crippen molar-refractivity contribution >= 4 is 44.4 Å². The van der Waals surface area contributed by atoms with Gasteiger partial charge in [0.2, 0.25) is 6.41 Å². The van der Waals surface area contributed by atoms with Gasteiger partial charge in [0.1, 0.15) is 0 Å². The molecule has 4 nitrogen and oxygen atoms in total. The Kier molecular flexibility index (Phi) is 2.72. The largest absolute Gasteiger partial charge is 0.329 e. The van der Waals surface area contributed by atoms with Crippen molar-refractivity contribution in [3.63, 3.8) is 0 Å². The number of benzene rings is 2. The lowest BCUT2D eigenvalue weighted by Gasteiger charge is -2.04. The van der Waals surface area contributed by atoms with Crippen LogP contribution in [0.2, 0.25) is 0 Å². The van der Waals surface area contributed by atoms with E-state index in [2.05, 4.69) is 33.7 Å². The molecule has 1 amide bonds. The number of nitrogens with one attached hydrogen (secondary N) is 2. The van der Waals surface area contributed by atoms with Crippen LogP contribution in [0.25, 0.3) is 31.4 Å². The van der Waals surface area contributed by atoms with Gasteiger partial charge in [-0.1, -0.05) is 18.2 Å². The maximum Gasteiger partial charge on any atom is 0.211 e. The average Bonchev–Trinajstić information content (AvgIpc) is 3.12. The van der Waals surface area contributed by atoms with E-state index >= 15 is 0 Å². The number of aromatic amines is 1. The van der Waals surface area contributed by atoms with Gasteiger partial charge in [0, 0.05) is 26.2 Å². The molecule has 0 saturated carbocycles. The molecule has 0 radical (unpaired) electrons. The van der Waals surface area contributed by atoms with E-state index in [1.807, 2.05) is 24.3 Å². The molecule has 2 N–H and O–H groups in total. The third kappa shape index (κ3) is 1.98. The lowest BCUT2D eigenvalue weighted by atomic mass is 10.1. The van der Waals surface area contributed by atoms with Crippen molar-refractivity contribution in [3.05, 3.63) is 48.7 Å². The van der Waals surface area contributed by atoms with Gasteiger partial charge >= 0.3 is 0 Å². The molecule has 2 aromatic heterocycles. The highest BCUT2D eigenvalue weighted by atomic mass is 32.1. The molecule has 0 aliphatic heterocycles. The first-order valence-corrected chi connectivity index (χ1v) is 7.33. The Labute approximate surface area is 124 Å². The smallest absolute Gasteiger partial charge is 0.211 e. The highest BCUT2D eigenvalue weighted by Crippen LogP contribution is 2.37. The molecular weight excluding hydrogens is 282 g/mol. The summed E-state index contributed by atoms with van der Waals surface area (Å²) in [5.41, 5.74) is 2.81. The van der Waals surface area contributed by atoms with Crippen LogP contribution in [0.5, 0.6) is 0 Å². The molecule has 0 fully saturated rings. The number of carbonyl (C=O) groups is 1. The summed E-state index contributed by atoms with van der Waals surface area (Å²) in [6.07, 6.45) is 2.46. The van der Waals surface area contributed by atoms with Crippen molar-refractivity contribution in [3.8, 4) is 10.4 Å². The van der Waals surface area contributed by atoms with Gasteiger partial charge in [-0.2, -0.15) is 5.10 Å². The summed E-state index contributed by atoms with van der Waals surface area (Å²) < 4.78 is 1.24. The Morgan fingerprint density at radius 2 is 2.05 bits per heavy atom. The maximum atomic E-state index is 10.7. The Morgan fingerprint density at radius 1 is 1.14 bits per heavy atom. The number of anilines is 1. The predicted octanol–water partition coefficient (Wildman–Crippen LogP) is 4.01. The highest BCUT2D eigenvalue weighted by molar-refractivity contribution is 7.22. The minimum Gasteiger partial charge on any atom is -0.329 e. The van der Waals surface area contributed by atoms with Gasteiger partial charge in [-0.25, -0.2) is 0 Å². The molecule has 0 unspecified atom stereocenters. The lowest BCUT2D eigenvalue weighted by molar-refractivity contribution is -0.105. The Bertz CT molecular complexity index is 921. The van der Waals surface area contributed by atoms with Gasteiger partial charge in [0.15, 0.2) is 0 Å². The van der Waals surface area contributed by atoms with Gasteiger partial charge in [-0.05, 0) is 29.7 Å². The van der Waals surface area contributed by atoms with Crippen LogP contribution in [-0.4, -0.2) is 16.6 Å². The van der Waals surface area contributed by atoms with Crippen LogP contribution >= 0.6 is 11.3 Å². The van der Waals surface area contributed by atoms with Crippen LogP contribution in [0, 0.1) is 0 Å². The maximum absolute atomic E-state index is 10.7. The number of hydrogen-bond acceptors (Lipinski definition) is 3. The lowest BCUT2D eigenvalue weighted by Crippen LogP contribution is -1.93. The molecule has 4 rings (SSSR count). The Hall–Kier alpha value is -2.66. The second-order valence-electron chi connectivity index (χ2n) is 4.77. The first-order chi connectivity index (χ1) is 10.3. The van der Waals surface area contributed by atoms with E-state index in [4.69, 9.17) is 0 Å². The SMILES string of the molecule is O=CNc1cc(-c2cc3ccccc3s2)c2[nH]ncc2c1. The topological polar surface area (TPSA) is 57.8 Å². The van der Waals surface area contributed by atoms with Crippen molar-refractivity contribution in [2.45, 2.75) is 0 Å². The fraction of sp³-hybridized carbons (Fsp3) is 0. The molecule has 2 heterocycles. The van der Waals surface area contributed by atoms with Crippen molar-refractivity contribution in [1.29, 1.82) is 0 Å². The third-order valence-electron chi connectivity index (χ3n) is 3.47. The van der Waals surface area contributed by atoms with E-state index in [-0.39, 0.29) is 0 Å². The second kappa shape index (κ2) is 4.71. The Morgan fingerprint density at radius 3 is 2.90 bits per heavy atom. The minimum atomic E-state index is 0.690. The van der Waals surface area contributed by atoms with Gasteiger partial charge in [-0.3, -0.25) is 9.89 Å². The molecular formula is C16H11N3OS. The van der Waals surface area contributed by atoms with Crippen LogP contribution in [0.1, 0.15) is 0 Å². The van der Waals surface area contributed by atoms with E-state index in [1.54, 1.807) is 17.5 Å². The zero-order valence-corrected chi connectivity index (χ0v) is 11.8. The van der Waals surface area contributed by atoms with Crippen molar-refractivity contribution in [2.24, 2.45) is 0 Å². The van der Waals surface area contributed by atoms with Crippen LogP contribution in [-0.2, 0) is 4.79 Å². The van der Waals surface area contributed by atoms with Crippen molar-refractivity contribution in [2.75, 3.05) is 5.32 Å². The summed E-state index contributed by atoms with van der Waals surface area (Å²) in [5.74, 6) is 0. The number of carbonyl (C=O) groups excluding carboxylic acids is 1. The monoisotopic (exact) mass is 293 g/mol. The zero-order chi connectivity index (χ0) is 14.2. The molecule has 2 aromatic carbocycles. The van der Waals surface area contributed by atoms with Gasteiger partial charge in [-0.15, -0.1) is 11.3 Å². The zero-order valence-electron chi connectivity index (χ0n) is 11.0. The number of thiophene rings is 1. The predicted molar refractivity (Wildman–Crippen MR) is 86.6 cm³/mol. The van der Waals surface area contributed by atoms with Gasteiger partial charge in [0.25, 0.3) is 0 Å². The first kappa shape index (κ1) is 12.1. The molecule has 0 spiro atoms. The molecule has 102 valence electrons. The summed E-state index contributed by atoms with van der Waals surface area (Å²) in [6, 6.07) is 14.3. The minimum absolute atomic E-state index is 0.690.